The molecule has 0 spiro atoms. The summed E-state index contributed by atoms with van der Waals surface area (Å²) in [4.78, 5) is 23.2. The predicted molar refractivity (Wildman–Crippen MR) is 96.8 cm³/mol. The highest BCUT2D eigenvalue weighted by molar-refractivity contribution is 5.78. The van der Waals surface area contributed by atoms with E-state index in [9.17, 15) is 4.79 Å². The molecule has 1 N–H and O–H groups in total. The van der Waals surface area contributed by atoms with Crippen molar-refractivity contribution in [2.45, 2.75) is 32.7 Å². The maximum atomic E-state index is 12.3. The summed E-state index contributed by atoms with van der Waals surface area (Å²) in [5.41, 5.74) is 3.85. The van der Waals surface area contributed by atoms with Gasteiger partial charge in [0.15, 0.2) is 0 Å². The van der Waals surface area contributed by atoms with Crippen molar-refractivity contribution < 1.29 is 9.53 Å². The van der Waals surface area contributed by atoms with Crippen LogP contribution in [-0.4, -0.2) is 41.0 Å². The molecule has 6 heteroatoms. The highest BCUT2D eigenvalue weighted by Gasteiger charge is 2.31. The molecule has 1 amide bonds. The van der Waals surface area contributed by atoms with Gasteiger partial charge in [-0.15, -0.1) is 0 Å². The van der Waals surface area contributed by atoms with E-state index >= 15 is 0 Å². The molecule has 0 bridgehead atoms. The van der Waals surface area contributed by atoms with Crippen LogP contribution in [0, 0.1) is 13.8 Å². The quantitative estimate of drug-likeness (QED) is 0.906. The fraction of sp³-hybridized carbons (Fsp3) is 0.421. The number of ether oxygens (including phenoxy) is 1. The summed E-state index contributed by atoms with van der Waals surface area (Å²) in [6.07, 6.45) is 3.68. The van der Waals surface area contributed by atoms with Gasteiger partial charge in [-0.25, -0.2) is 4.98 Å². The normalized spacial score (nSPS) is 16.9. The molecule has 0 aliphatic carbocycles. The molecule has 0 saturated carbocycles. The van der Waals surface area contributed by atoms with E-state index in [1.807, 2.05) is 43.0 Å². The molecular formula is C19H24N4O2. The number of nitrogens with one attached hydrogen (secondary N) is 1. The van der Waals surface area contributed by atoms with Crippen molar-refractivity contribution >= 4 is 17.4 Å². The molecule has 0 aromatic carbocycles. The Morgan fingerprint density at radius 2 is 2.24 bits per heavy atom. The van der Waals surface area contributed by atoms with Crippen LogP contribution in [0.5, 0.6) is 0 Å². The summed E-state index contributed by atoms with van der Waals surface area (Å²) in [5, 5.41) is 3.37. The van der Waals surface area contributed by atoms with Crippen LogP contribution in [0.15, 0.2) is 30.5 Å². The van der Waals surface area contributed by atoms with Crippen LogP contribution in [0.1, 0.15) is 35.8 Å². The van der Waals surface area contributed by atoms with Crippen molar-refractivity contribution in [2.75, 3.05) is 25.6 Å². The molecule has 1 aliphatic heterocycles. The molecule has 3 heterocycles. The van der Waals surface area contributed by atoms with Gasteiger partial charge >= 0.3 is 0 Å². The number of pyridine rings is 2. The number of nitrogens with zero attached hydrogens (tertiary/aromatic N) is 3. The highest BCUT2D eigenvalue weighted by Crippen LogP contribution is 2.33. The second-order valence-electron chi connectivity index (χ2n) is 6.39. The van der Waals surface area contributed by atoms with Gasteiger partial charge in [0.1, 0.15) is 12.4 Å². The standard InChI is InChI=1S/C19H24N4O2/c1-13-6-4-8-20-19(13)22-15-10-14(2)21-16(11-15)17-7-5-9-23(17)18(24)12-25-3/h4,6,8,10-11,17H,5,7,9,12H2,1-3H3,(H,20,21,22). The lowest BCUT2D eigenvalue weighted by Gasteiger charge is -2.25. The number of anilines is 2. The van der Waals surface area contributed by atoms with E-state index < -0.39 is 0 Å². The Kier molecular flexibility index (Phi) is 5.28. The molecule has 1 saturated heterocycles. The van der Waals surface area contributed by atoms with Crippen molar-refractivity contribution in [2.24, 2.45) is 0 Å². The third-order valence-corrected chi connectivity index (χ3v) is 4.43. The zero-order chi connectivity index (χ0) is 17.8. The first kappa shape index (κ1) is 17.4. The van der Waals surface area contributed by atoms with Crippen molar-refractivity contribution in [3.05, 3.63) is 47.4 Å². The van der Waals surface area contributed by atoms with Crippen LogP contribution in [0.3, 0.4) is 0 Å². The summed E-state index contributed by atoms with van der Waals surface area (Å²) < 4.78 is 5.01. The lowest BCUT2D eigenvalue weighted by Crippen LogP contribution is -2.33. The van der Waals surface area contributed by atoms with E-state index in [1.54, 1.807) is 13.3 Å². The predicted octanol–water partition coefficient (Wildman–Crippen LogP) is 3.15. The second kappa shape index (κ2) is 7.61. The van der Waals surface area contributed by atoms with E-state index in [0.717, 1.165) is 47.8 Å². The Balaban J connectivity index is 1.86. The van der Waals surface area contributed by atoms with Gasteiger partial charge in [-0.05, 0) is 50.5 Å². The number of methoxy groups -OCH3 is 1. The fourth-order valence-corrected chi connectivity index (χ4v) is 3.27. The van der Waals surface area contributed by atoms with Crippen molar-refractivity contribution in [1.82, 2.24) is 14.9 Å². The molecule has 1 unspecified atom stereocenters. The number of amides is 1. The number of rotatable bonds is 5. The Labute approximate surface area is 148 Å². The Morgan fingerprint density at radius 1 is 1.40 bits per heavy atom. The maximum absolute atomic E-state index is 12.3. The number of likely N-dealkylation sites (tertiary alicyclic amines) is 1. The van der Waals surface area contributed by atoms with Crippen molar-refractivity contribution in [3.63, 3.8) is 0 Å². The number of hydrogen-bond donors (Lipinski definition) is 1. The Morgan fingerprint density at radius 3 is 3.00 bits per heavy atom. The molecular weight excluding hydrogens is 316 g/mol. The maximum Gasteiger partial charge on any atom is 0.249 e. The lowest BCUT2D eigenvalue weighted by atomic mass is 10.1. The van der Waals surface area contributed by atoms with Gasteiger partial charge in [0.2, 0.25) is 5.91 Å². The van der Waals surface area contributed by atoms with Gasteiger partial charge < -0.3 is 15.0 Å². The Bertz CT molecular complexity index is 763. The van der Waals surface area contributed by atoms with Gasteiger partial charge in [0.05, 0.1) is 11.7 Å². The third kappa shape index (κ3) is 3.96. The minimum Gasteiger partial charge on any atom is -0.375 e. The SMILES string of the molecule is COCC(=O)N1CCCC1c1cc(Nc2ncccc2C)cc(C)n1. The van der Waals surface area contributed by atoms with Crippen LogP contribution in [0.25, 0.3) is 0 Å². The van der Waals surface area contributed by atoms with Gasteiger partial charge in [0.25, 0.3) is 0 Å². The minimum atomic E-state index is 0.00734. The van der Waals surface area contributed by atoms with E-state index in [0.29, 0.717) is 0 Å². The largest absolute Gasteiger partial charge is 0.375 e. The van der Waals surface area contributed by atoms with Crippen LogP contribution >= 0.6 is 0 Å². The van der Waals surface area contributed by atoms with Crippen molar-refractivity contribution in [3.8, 4) is 0 Å². The highest BCUT2D eigenvalue weighted by atomic mass is 16.5. The van der Waals surface area contributed by atoms with Gasteiger partial charge in [-0.2, -0.15) is 0 Å². The average molecular weight is 340 g/mol. The van der Waals surface area contributed by atoms with Gasteiger partial charge in [0, 0.05) is 31.2 Å². The zero-order valence-electron chi connectivity index (χ0n) is 15.0. The molecule has 132 valence electrons. The summed E-state index contributed by atoms with van der Waals surface area (Å²) >= 11 is 0. The number of aryl methyl sites for hydroxylation is 2. The smallest absolute Gasteiger partial charge is 0.249 e. The third-order valence-electron chi connectivity index (χ3n) is 4.43. The van der Waals surface area contributed by atoms with Crippen LogP contribution < -0.4 is 5.32 Å². The zero-order valence-corrected chi connectivity index (χ0v) is 15.0. The average Bonchev–Trinajstić information content (AvgIpc) is 3.06. The number of carbonyl (C=O) groups excluding carboxylic acids is 1. The topological polar surface area (TPSA) is 67.3 Å². The van der Waals surface area contributed by atoms with Crippen LogP contribution in [0.4, 0.5) is 11.5 Å². The summed E-state index contributed by atoms with van der Waals surface area (Å²) in [7, 11) is 1.55. The monoisotopic (exact) mass is 340 g/mol. The second-order valence-corrected chi connectivity index (χ2v) is 6.39. The van der Waals surface area contributed by atoms with E-state index in [-0.39, 0.29) is 18.6 Å². The molecule has 1 aliphatic rings. The summed E-state index contributed by atoms with van der Waals surface area (Å²) in [6, 6.07) is 7.96. The molecule has 2 aromatic rings. The van der Waals surface area contributed by atoms with Crippen molar-refractivity contribution in [1.29, 1.82) is 0 Å². The van der Waals surface area contributed by atoms with Gasteiger partial charge in [-0.1, -0.05) is 6.07 Å². The first-order valence-electron chi connectivity index (χ1n) is 8.54. The number of hydrogen-bond acceptors (Lipinski definition) is 5. The molecule has 2 aromatic heterocycles. The van der Waals surface area contributed by atoms with Gasteiger partial charge in [-0.3, -0.25) is 9.78 Å². The first-order valence-corrected chi connectivity index (χ1v) is 8.54. The lowest BCUT2D eigenvalue weighted by molar-refractivity contribution is -0.136. The van der Waals surface area contributed by atoms with Crippen LogP contribution in [0.2, 0.25) is 0 Å². The number of aromatic nitrogens is 2. The molecule has 1 atom stereocenters. The van der Waals surface area contributed by atoms with E-state index in [1.165, 1.54) is 0 Å². The number of carbonyl (C=O) groups is 1. The minimum absolute atomic E-state index is 0.00734. The fourth-order valence-electron chi connectivity index (χ4n) is 3.27. The molecule has 3 rings (SSSR count). The summed E-state index contributed by atoms with van der Waals surface area (Å²) in [5.74, 6) is 0.848. The molecule has 1 fully saturated rings. The first-order chi connectivity index (χ1) is 12.1. The Hall–Kier alpha value is -2.47. The van der Waals surface area contributed by atoms with Crippen LogP contribution in [-0.2, 0) is 9.53 Å². The van der Waals surface area contributed by atoms with E-state index in [2.05, 4.69) is 15.3 Å². The molecule has 6 nitrogen and oxygen atoms in total. The summed E-state index contributed by atoms with van der Waals surface area (Å²) in [6.45, 7) is 4.85. The van der Waals surface area contributed by atoms with E-state index in [4.69, 9.17) is 4.74 Å². The molecule has 0 radical (unpaired) electrons. The molecule has 25 heavy (non-hydrogen) atoms.